The molecule has 7 heteroatoms. The van der Waals surface area contributed by atoms with Crippen molar-refractivity contribution in [3.05, 3.63) is 46.3 Å². The summed E-state index contributed by atoms with van der Waals surface area (Å²) in [5.74, 6) is 0. The molecule has 1 N–H and O–H groups in total. The molecular formula is C11H13N5O2. The molecule has 2 aromatic rings. The average Bonchev–Trinajstić information content (AvgIpc) is 2.84. The summed E-state index contributed by atoms with van der Waals surface area (Å²) < 4.78 is 1.66. The second kappa shape index (κ2) is 5.26. The van der Waals surface area contributed by atoms with Crippen LogP contribution < -0.4 is 5.32 Å². The Kier molecular flexibility index (Phi) is 3.52. The van der Waals surface area contributed by atoms with Crippen molar-refractivity contribution in [2.75, 3.05) is 11.9 Å². The Morgan fingerprint density at radius 1 is 1.50 bits per heavy atom. The Balaban J connectivity index is 2.02. The first kappa shape index (κ1) is 12.0. The summed E-state index contributed by atoms with van der Waals surface area (Å²) in [6.45, 7) is 2.98. The van der Waals surface area contributed by atoms with Crippen LogP contribution in [0.3, 0.4) is 0 Å². The average molecular weight is 247 g/mol. The number of nitrogens with one attached hydrogen (secondary N) is 1. The minimum absolute atomic E-state index is 0.0913. The maximum Gasteiger partial charge on any atom is 0.292 e. The zero-order chi connectivity index (χ0) is 13.0. The van der Waals surface area contributed by atoms with Gasteiger partial charge in [-0.15, -0.1) is 5.10 Å². The van der Waals surface area contributed by atoms with Crippen molar-refractivity contribution < 1.29 is 4.92 Å². The highest BCUT2D eigenvalue weighted by Gasteiger charge is 2.12. The summed E-state index contributed by atoms with van der Waals surface area (Å²) in [5.41, 5.74) is 1.47. The molecule has 0 saturated carbocycles. The molecule has 7 nitrogen and oxygen atoms in total. The first-order valence-electron chi connectivity index (χ1n) is 5.50. The van der Waals surface area contributed by atoms with Gasteiger partial charge >= 0.3 is 0 Å². The molecule has 0 spiro atoms. The molecule has 18 heavy (non-hydrogen) atoms. The van der Waals surface area contributed by atoms with Crippen LogP contribution in [0.4, 0.5) is 11.4 Å². The summed E-state index contributed by atoms with van der Waals surface area (Å²) >= 11 is 0. The third-order valence-corrected chi connectivity index (χ3v) is 2.48. The quantitative estimate of drug-likeness (QED) is 0.640. The van der Waals surface area contributed by atoms with Crippen molar-refractivity contribution >= 4 is 11.4 Å². The van der Waals surface area contributed by atoms with E-state index in [1.807, 2.05) is 13.0 Å². The fourth-order valence-corrected chi connectivity index (χ4v) is 1.60. The first-order valence-corrected chi connectivity index (χ1v) is 5.50. The number of nitro benzene ring substituents is 1. The standard InChI is InChI=1S/C11H13N5O2/c1-9-2-3-10(11(8-9)16(17)18)12-4-6-15-7-5-13-14-15/h2-3,5,7-8,12H,4,6H2,1H3. The lowest BCUT2D eigenvalue weighted by molar-refractivity contribution is -0.384. The van der Waals surface area contributed by atoms with Crippen LogP contribution in [0.5, 0.6) is 0 Å². The third-order valence-electron chi connectivity index (χ3n) is 2.48. The lowest BCUT2D eigenvalue weighted by atomic mass is 10.2. The van der Waals surface area contributed by atoms with Gasteiger partial charge in [0.15, 0.2) is 0 Å². The molecule has 0 bridgehead atoms. The Morgan fingerprint density at radius 3 is 3.00 bits per heavy atom. The highest BCUT2D eigenvalue weighted by molar-refractivity contribution is 5.62. The summed E-state index contributed by atoms with van der Waals surface area (Å²) in [7, 11) is 0. The molecule has 0 saturated heterocycles. The molecule has 0 aliphatic heterocycles. The van der Waals surface area contributed by atoms with Crippen molar-refractivity contribution in [2.24, 2.45) is 0 Å². The minimum atomic E-state index is -0.384. The number of nitrogens with zero attached hydrogens (tertiary/aromatic N) is 4. The third kappa shape index (κ3) is 2.82. The van der Waals surface area contributed by atoms with Crippen LogP contribution >= 0.6 is 0 Å². The van der Waals surface area contributed by atoms with Gasteiger partial charge in [0.05, 0.1) is 17.7 Å². The van der Waals surface area contributed by atoms with Crippen LogP contribution in [0.1, 0.15) is 5.56 Å². The van der Waals surface area contributed by atoms with Crippen LogP contribution in [0.15, 0.2) is 30.6 Å². The molecule has 0 fully saturated rings. The number of nitro groups is 1. The zero-order valence-electron chi connectivity index (χ0n) is 9.91. The van der Waals surface area contributed by atoms with E-state index in [0.717, 1.165) is 5.56 Å². The van der Waals surface area contributed by atoms with E-state index in [9.17, 15) is 10.1 Å². The maximum absolute atomic E-state index is 10.9. The molecule has 0 amide bonds. The number of benzene rings is 1. The highest BCUT2D eigenvalue weighted by atomic mass is 16.6. The van der Waals surface area contributed by atoms with E-state index in [4.69, 9.17) is 0 Å². The number of hydrogen-bond acceptors (Lipinski definition) is 5. The van der Waals surface area contributed by atoms with Crippen LogP contribution in [-0.4, -0.2) is 26.5 Å². The predicted octanol–water partition coefficient (Wildman–Crippen LogP) is 1.61. The number of aryl methyl sites for hydroxylation is 1. The van der Waals surface area contributed by atoms with Crippen molar-refractivity contribution in [1.82, 2.24) is 15.0 Å². The fourth-order valence-electron chi connectivity index (χ4n) is 1.60. The van der Waals surface area contributed by atoms with Crippen molar-refractivity contribution in [1.29, 1.82) is 0 Å². The lowest BCUT2D eigenvalue weighted by Crippen LogP contribution is -2.12. The van der Waals surface area contributed by atoms with Gasteiger partial charge in [0, 0.05) is 18.8 Å². The fraction of sp³-hybridized carbons (Fsp3) is 0.273. The van der Waals surface area contributed by atoms with Gasteiger partial charge in [0.25, 0.3) is 5.69 Å². The van der Waals surface area contributed by atoms with Crippen LogP contribution in [0.25, 0.3) is 0 Å². The summed E-state index contributed by atoms with van der Waals surface area (Å²) in [4.78, 5) is 10.5. The molecule has 0 radical (unpaired) electrons. The molecule has 94 valence electrons. The van der Waals surface area contributed by atoms with Crippen molar-refractivity contribution in [3.63, 3.8) is 0 Å². The van der Waals surface area contributed by atoms with Gasteiger partial charge in [-0.2, -0.15) is 0 Å². The largest absolute Gasteiger partial charge is 0.378 e. The smallest absolute Gasteiger partial charge is 0.292 e. The molecule has 1 aromatic carbocycles. The summed E-state index contributed by atoms with van der Waals surface area (Å²) in [5, 5.41) is 21.4. The van der Waals surface area contributed by atoms with E-state index >= 15 is 0 Å². The minimum Gasteiger partial charge on any atom is -0.378 e. The number of aromatic nitrogens is 3. The van der Waals surface area contributed by atoms with Crippen LogP contribution in [-0.2, 0) is 6.54 Å². The van der Waals surface area contributed by atoms with Gasteiger partial charge < -0.3 is 5.32 Å². The number of rotatable bonds is 5. The van der Waals surface area contributed by atoms with E-state index < -0.39 is 0 Å². The predicted molar refractivity (Wildman–Crippen MR) is 66.3 cm³/mol. The van der Waals surface area contributed by atoms with E-state index in [1.54, 1.807) is 29.2 Å². The highest BCUT2D eigenvalue weighted by Crippen LogP contribution is 2.24. The zero-order valence-corrected chi connectivity index (χ0v) is 9.91. The molecule has 1 heterocycles. The lowest BCUT2D eigenvalue weighted by Gasteiger charge is -2.07. The second-order valence-corrected chi connectivity index (χ2v) is 3.87. The summed E-state index contributed by atoms with van der Waals surface area (Å²) in [6.07, 6.45) is 3.33. The van der Waals surface area contributed by atoms with Crippen molar-refractivity contribution in [2.45, 2.75) is 13.5 Å². The van der Waals surface area contributed by atoms with E-state index in [-0.39, 0.29) is 10.6 Å². The molecular weight excluding hydrogens is 234 g/mol. The SMILES string of the molecule is Cc1ccc(NCCn2ccnn2)c([N+](=O)[O-])c1. The van der Waals surface area contributed by atoms with Gasteiger partial charge in [-0.05, 0) is 18.6 Å². The van der Waals surface area contributed by atoms with Gasteiger partial charge in [0.1, 0.15) is 5.69 Å². The Labute approximate surface area is 104 Å². The second-order valence-electron chi connectivity index (χ2n) is 3.87. The number of anilines is 1. The van der Waals surface area contributed by atoms with Crippen molar-refractivity contribution in [3.8, 4) is 0 Å². The van der Waals surface area contributed by atoms with E-state index in [2.05, 4.69) is 15.6 Å². The maximum atomic E-state index is 10.9. The Bertz CT molecular complexity index is 538. The van der Waals surface area contributed by atoms with Gasteiger partial charge in [-0.3, -0.25) is 14.8 Å². The van der Waals surface area contributed by atoms with Gasteiger partial charge in [0.2, 0.25) is 0 Å². The van der Waals surface area contributed by atoms with Crippen LogP contribution in [0.2, 0.25) is 0 Å². The molecule has 0 atom stereocenters. The molecule has 2 rings (SSSR count). The molecule has 0 aliphatic rings. The number of hydrogen-bond donors (Lipinski definition) is 1. The molecule has 1 aromatic heterocycles. The molecule has 0 aliphatic carbocycles. The first-order chi connectivity index (χ1) is 8.66. The summed E-state index contributed by atoms with van der Waals surface area (Å²) in [6, 6.07) is 5.11. The van der Waals surface area contributed by atoms with Crippen LogP contribution in [0, 0.1) is 17.0 Å². The topological polar surface area (TPSA) is 85.9 Å². The monoisotopic (exact) mass is 247 g/mol. The van der Waals surface area contributed by atoms with Gasteiger partial charge in [-0.1, -0.05) is 11.3 Å². The van der Waals surface area contributed by atoms with E-state index in [0.29, 0.717) is 18.8 Å². The molecule has 0 unspecified atom stereocenters. The Hall–Kier alpha value is -2.44. The normalized spacial score (nSPS) is 10.3. The van der Waals surface area contributed by atoms with Gasteiger partial charge in [-0.25, -0.2) is 0 Å². The Morgan fingerprint density at radius 2 is 2.33 bits per heavy atom. The van der Waals surface area contributed by atoms with E-state index in [1.165, 1.54) is 0 Å².